The molecule has 1 aromatic carbocycles. The van der Waals surface area contributed by atoms with Crippen LogP contribution in [0.5, 0.6) is 0 Å². The summed E-state index contributed by atoms with van der Waals surface area (Å²) in [6.07, 6.45) is 1.48. The number of aryl methyl sites for hydroxylation is 1. The summed E-state index contributed by atoms with van der Waals surface area (Å²) in [4.78, 5) is 18.3. The largest absolute Gasteiger partial charge is 0.339 e. The lowest BCUT2D eigenvalue weighted by atomic mass is 9.96. The summed E-state index contributed by atoms with van der Waals surface area (Å²) >= 11 is 3.27. The Morgan fingerprint density at radius 1 is 1.41 bits per heavy atom. The lowest BCUT2D eigenvalue weighted by molar-refractivity contribution is 0.0699. The molecule has 2 aromatic rings. The van der Waals surface area contributed by atoms with Gasteiger partial charge in [-0.1, -0.05) is 21.1 Å². The summed E-state index contributed by atoms with van der Waals surface area (Å²) in [5.74, 6) is 0.627. The van der Waals surface area contributed by atoms with Gasteiger partial charge < -0.3 is 9.42 Å². The van der Waals surface area contributed by atoms with E-state index >= 15 is 0 Å². The summed E-state index contributed by atoms with van der Waals surface area (Å²) in [6.45, 7) is 2.88. The molecule has 7 heteroatoms. The first kappa shape index (κ1) is 15.1. The number of carbonyl (C=O) groups is 1. The average Bonchev–Trinajstić information content (AvgIpc) is 2.96. The van der Waals surface area contributed by atoms with E-state index in [4.69, 9.17) is 4.52 Å². The predicted octanol–water partition coefficient (Wildman–Crippen LogP) is 3.30. The van der Waals surface area contributed by atoms with E-state index in [1.165, 1.54) is 12.1 Å². The first-order chi connectivity index (χ1) is 10.5. The Hall–Kier alpha value is -1.76. The molecule has 1 fully saturated rings. The normalized spacial score (nSPS) is 16.0. The molecule has 0 atom stereocenters. The Balaban J connectivity index is 1.68. The number of likely N-dealkylation sites (tertiary alicyclic amines) is 1. The summed E-state index contributed by atoms with van der Waals surface area (Å²) in [5.41, 5.74) is 0.0986. The van der Waals surface area contributed by atoms with Gasteiger partial charge in [0.05, 0.1) is 5.56 Å². The minimum Gasteiger partial charge on any atom is -0.339 e. The Bertz CT molecular complexity index is 696. The van der Waals surface area contributed by atoms with Crippen molar-refractivity contribution in [3.63, 3.8) is 0 Å². The third-order valence-electron chi connectivity index (χ3n) is 3.83. The van der Waals surface area contributed by atoms with Crippen LogP contribution in [0.2, 0.25) is 0 Å². The molecule has 5 nitrogen and oxygen atoms in total. The standard InChI is InChI=1S/C15H15BrFN3O2/c1-9-18-14(22-19-9)10-4-6-20(7-5-10)15(21)12-8-11(16)2-3-13(12)17/h2-3,8,10H,4-7H2,1H3. The van der Waals surface area contributed by atoms with Gasteiger partial charge in [-0.15, -0.1) is 0 Å². The van der Waals surface area contributed by atoms with E-state index in [9.17, 15) is 9.18 Å². The van der Waals surface area contributed by atoms with E-state index in [0.29, 0.717) is 29.3 Å². The second-order valence-corrected chi connectivity index (χ2v) is 6.29. The summed E-state index contributed by atoms with van der Waals surface area (Å²) in [6, 6.07) is 4.40. The van der Waals surface area contributed by atoms with Crippen LogP contribution in [-0.2, 0) is 0 Å². The highest BCUT2D eigenvalue weighted by atomic mass is 79.9. The SMILES string of the molecule is Cc1noc(C2CCN(C(=O)c3cc(Br)ccc3F)CC2)n1. The number of rotatable bonds is 2. The van der Waals surface area contributed by atoms with Crippen molar-refractivity contribution in [2.75, 3.05) is 13.1 Å². The zero-order valence-electron chi connectivity index (χ0n) is 12.1. The second-order valence-electron chi connectivity index (χ2n) is 5.37. The molecule has 0 aliphatic carbocycles. The maximum absolute atomic E-state index is 13.8. The van der Waals surface area contributed by atoms with Gasteiger partial charge in [0.2, 0.25) is 5.89 Å². The predicted molar refractivity (Wildman–Crippen MR) is 81.0 cm³/mol. The molecule has 1 aliphatic rings. The number of carbonyl (C=O) groups excluding carboxylic acids is 1. The molecule has 1 aromatic heterocycles. The molecule has 116 valence electrons. The van der Waals surface area contributed by atoms with Crippen LogP contribution in [0, 0.1) is 12.7 Å². The molecule has 0 saturated carbocycles. The molecule has 0 spiro atoms. The van der Waals surface area contributed by atoms with Crippen molar-refractivity contribution < 1.29 is 13.7 Å². The summed E-state index contributed by atoms with van der Waals surface area (Å²) < 4.78 is 19.7. The molecule has 2 heterocycles. The van der Waals surface area contributed by atoms with Crippen molar-refractivity contribution in [3.8, 4) is 0 Å². The fraction of sp³-hybridized carbons (Fsp3) is 0.400. The van der Waals surface area contributed by atoms with Crippen molar-refractivity contribution in [2.45, 2.75) is 25.7 Å². The number of nitrogens with zero attached hydrogens (tertiary/aromatic N) is 3. The first-order valence-electron chi connectivity index (χ1n) is 7.09. The van der Waals surface area contributed by atoms with Crippen LogP contribution in [0.25, 0.3) is 0 Å². The molecule has 1 saturated heterocycles. The van der Waals surface area contributed by atoms with Gasteiger partial charge >= 0.3 is 0 Å². The van der Waals surface area contributed by atoms with Crippen LogP contribution in [0.1, 0.15) is 40.8 Å². The van der Waals surface area contributed by atoms with E-state index in [1.54, 1.807) is 17.9 Å². The van der Waals surface area contributed by atoms with Crippen LogP contribution < -0.4 is 0 Å². The monoisotopic (exact) mass is 367 g/mol. The zero-order valence-corrected chi connectivity index (χ0v) is 13.6. The number of halogens is 2. The topological polar surface area (TPSA) is 59.2 Å². The zero-order chi connectivity index (χ0) is 15.7. The molecule has 1 aliphatic heterocycles. The molecule has 1 amide bonds. The van der Waals surface area contributed by atoms with E-state index in [1.807, 2.05) is 0 Å². The van der Waals surface area contributed by atoms with Gasteiger partial charge in [0.25, 0.3) is 5.91 Å². The Kier molecular flexibility index (Phi) is 4.24. The Morgan fingerprint density at radius 3 is 2.77 bits per heavy atom. The Labute approximate surface area is 135 Å². The highest BCUT2D eigenvalue weighted by Gasteiger charge is 2.28. The molecule has 0 unspecified atom stereocenters. The van der Waals surface area contributed by atoms with Gasteiger partial charge in [-0.3, -0.25) is 4.79 Å². The highest BCUT2D eigenvalue weighted by molar-refractivity contribution is 9.10. The van der Waals surface area contributed by atoms with Gasteiger partial charge in [-0.2, -0.15) is 4.98 Å². The van der Waals surface area contributed by atoms with Crippen molar-refractivity contribution >= 4 is 21.8 Å². The highest BCUT2D eigenvalue weighted by Crippen LogP contribution is 2.28. The number of amides is 1. The van der Waals surface area contributed by atoms with Crippen molar-refractivity contribution in [3.05, 3.63) is 45.8 Å². The quantitative estimate of drug-likeness (QED) is 0.816. The van der Waals surface area contributed by atoms with Crippen LogP contribution in [0.3, 0.4) is 0 Å². The molecule has 0 radical (unpaired) electrons. The van der Waals surface area contributed by atoms with Crippen LogP contribution in [0.15, 0.2) is 27.2 Å². The molecule has 3 rings (SSSR count). The first-order valence-corrected chi connectivity index (χ1v) is 7.88. The van der Waals surface area contributed by atoms with Gasteiger partial charge in [0.1, 0.15) is 5.82 Å². The fourth-order valence-corrected chi connectivity index (χ4v) is 3.00. The van der Waals surface area contributed by atoms with E-state index in [0.717, 1.165) is 12.8 Å². The number of hydrogen-bond acceptors (Lipinski definition) is 4. The van der Waals surface area contributed by atoms with Gasteiger partial charge in [-0.05, 0) is 38.0 Å². The van der Waals surface area contributed by atoms with Crippen LogP contribution >= 0.6 is 15.9 Å². The average molecular weight is 368 g/mol. The summed E-state index contributed by atoms with van der Waals surface area (Å²) in [7, 11) is 0. The maximum Gasteiger partial charge on any atom is 0.256 e. The van der Waals surface area contributed by atoms with Crippen molar-refractivity contribution in [1.29, 1.82) is 0 Å². The fourth-order valence-electron chi connectivity index (χ4n) is 2.64. The van der Waals surface area contributed by atoms with Crippen molar-refractivity contribution in [2.24, 2.45) is 0 Å². The molecule has 0 N–H and O–H groups in total. The molecule has 0 bridgehead atoms. The molecular formula is C15H15BrFN3O2. The number of piperidine rings is 1. The number of aromatic nitrogens is 2. The van der Waals surface area contributed by atoms with E-state index in [-0.39, 0.29) is 17.4 Å². The minimum absolute atomic E-state index is 0.0986. The van der Waals surface area contributed by atoms with Gasteiger partial charge in [0, 0.05) is 23.5 Å². The molecule has 22 heavy (non-hydrogen) atoms. The molecular weight excluding hydrogens is 353 g/mol. The smallest absolute Gasteiger partial charge is 0.256 e. The lowest BCUT2D eigenvalue weighted by Crippen LogP contribution is -2.38. The van der Waals surface area contributed by atoms with Crippen LogP contribution in [-0.4, -0.2) is 34.0 Å². The van der Waals surface area contributed by atoms with E-state index in [2.05, 4.69) is 26.1 Å². The summed E-state index contributed by atoms with van der Waals surface area (Å²) in [5, 5.41) is 3.79. The number of hydrogen-bond donors (Lipinski definition) is 0. The Morgan fingerprint density at radius 2 is 2.14 bits per heavy atom. The number of benzene rings is 1. The maximum atomic E-state index is 13.8. The second kappa shape index (κ2) is 6.16. The van der Waals surface area contributed by atoms with Crippen LogP contribution in [0.4, 0.5) is 4.39 Å². The van der Waals surface area contributed by atoms with Gasteiger partial charge in [0.15, 0.2) is 5.82 Å². The van der Waals surface area contributed by atoms with E-state index < -0.39 is 5.82 Å². The lowest BCUT2D eigenvalue weighted by Gasteiger charge is -2.30. The van der Waals surface area contributed by atoms with Crippen molar-refractivity contribution in [1.82, 2.24) is 15.0 Å². The third kappa shape index (κ3) is 3.04. The van der Waals surface area contributed by atoms with Gasteiger partial charge in [-0.25, -0.2) is 4.39 Å². The third-order valence-corrected chi connectivity index (χ3v) is 4.33. The minimum atomic E-state index is -0.497.